The van der Waals surface area contributed by atoms with Gasteiger partial charge in [-0.3, -0.25) is 4.74 Å². The topological polar surface area (TPSA) is 86.5 Å². The Kier molecular flexibility index (Phi) is 3.02. The molecule has 0 bridgehead atoms. The first kappa shape index (κ1) is 14.3. The van der Waals surface area contributed by atoms with Crippen LogP contribution in [0, 0.1) is 5.21 Å². The number of carbonyl (C=O) groups is 1. The highest BCUT2D eigenvalue weighted by Gasteiger charge is 2.59. The van der Waals surface area contributed by atoms with Gasteiger partial charge in [-0.15, -0.1) is 0 Å². The zero-order valence-electron chi connectivity index (χ0n) is 11.9. The molecule has 0 aromatic heterocycles. The number of benzene rings is 1. The number of nitrogens with zero attached hydrogens (tertiary/aromatic N) is 2. The van der Waals surface area contributed by atoms with Gasteiger partial charge in [0, 0.05) is 5.21 Å². The van der Waals surface area contributed by atoms with Crippen LogP contribution in [0.5, 0.6) is 0 Å². The number of amidine groups is 1. The average Bonchev–Trinajstić information content (AvgIpc) is 2.49. The van der Waals surface area contributed by atoms with E-state index in [0.29, 0.717) is 15.4 Å². The van der Waals surface area contributed by atoms with Crippen LogP contribution in [0.3, 0.4) is 0 Å². The molecule has 20 heavy (non-hydrogen) atoms. The molecule has 1 aliphatic rings. The monoisotopic (exact) mass is 277 g/mol. The van der Waals surface area contributed by atoms with Crippen molar-refractivity contribution in [1.29, 1.82) is 0 Å². The van der Waals surface area contributed by atoms with Crippen molar-refractivity contribution in [3.63, 3.8) is 0 Å². The van der Waals surface area contributed by atoms with E-state index in [1.807, 2.05) is 0 Å². The summed E-state index contributed by atoms with van der Waals surface area (Å²) in [5.41, 5.74) is -1.47. The van der Waals surface area contributed by atoms with Crippen molar-refractivity contribution in [2.75, 3.05) is 0 Å². The molecule has 0 amide bonds. The number of carboxylic acids is 1. The first-order valence-corrected chi connectivity index (χ1v) is 6.26. The number of hydrogen-bond donors (Lipinski definition) is 1. The van der Waals surface area contributed by atoms with Crippen molar-refractivity contribution in [2.24, 2.45) is 0 Å². The minimum absolute atomic E-state index is 0.0410. The maximum atomic E-state index is 12.4. The highest BCUT2D eigenvalue weighted by atomic mass is 16.5. The number of rotatable bonds is 2. The van der Waals surface area contributed by atoms with E-state index in [1.165, 1.54) is 18.2 Å². The van der Waals surface area contributed by atoms with Gasteiger partial charge in [0.15, 0.2) is 5.54 Å². The minimum Gasteiger partial charge on any atom is -0.714 e. The van der Waals surface area contributed by atoms with E-state index < -0.39 is 17.0 Å². The van der Waals surface area contributed by atoms with Crippen molar-refractivity contribution in [1.82, 2.24) is 5.06 Å². The predicted molar refractivity (Wildman–Crippen MR) is 71.8 cm³/mol. The second kappa shape index (κ2) is 4.21. The SMILES string of the molecule is CC1(C)N([O])C(c2cccc(C(=O)O)c2)=[N+]([O-])C1(C)C. The smallest absolute Gasteiger partial charge is 0.335 e. The predicted octanol–water partition coefficient (Wildman–Crippen LogP) is 1.86. The Morgan fingerprint density at radius 2 is 1.90 bits per heavy atom. The van der Waals surface area contributed by atoms with Crippen LogP contribution in [0.25, 0.3) is 0 Å². The van der Waals surface area contributed by atoms with Gasteiger partial charge in [-0.25, -0.2) is 4.79 Å². The Morgan fingerprint density at radius 3 is 2.35 bits per heavy atom. The third kappa shape index (κ3) is 1.76. The Labute approximate surface area is 117 Å². The van der Waals surface area contributed by atoms with E-state index in [9.17, 15) is 15.2 Å². The summed E-state index contributed by atoms with van der Waals surface area (Å²) < 4.78 is 0.668. The van der Waals surface area contributed by atoms with Gasteiger partial charge in [0.1, 0.15) is 5.54 Å². The number of hydrogen-bond acceptors (Lipinski definition) is 3. The molecule has 6 nitrogen and oxygen atoms in total. The third-order valence-corrected chi connectivity index (χ3v) is 4.27. The summed E-state index contributed by atoms with van der Waals surface area (Å²) in [5.74, 6) is -1.15. The molecule has 0 atom stereocenters. The van der Waals surface area contributed by atoms with Crippen molar-refractivity contribution in [2.45, 2.75) is 38.8 Å². The van der Waals surface area contributed by atoms with Gasteiger partial charge in [0.05, 0.1) is 11.1 Å². The first-order chi connectivity index (χ1) is 9.10. The van der Waals surface area contributed by atoms with E-state index in [-0.39, 0.29) is 11.4 Å². The van der Waals surface area contributed by atoms with Crippen molar-refractivity contribution >= 4 is 11.8 Å². The molecule has 0 saturated carbocycles. The maximum Gasteiger partial charge on any atom is 0.335 e. The van der Waals surface area contributed by atoms with Gasteiger partial charge in [0.25, 0.3) is 0 Å². The van der Waals surface area contributed by atoms with Crippen LogP contribution in [0.4, 0.5) is 0 Å². The molecule has 1 aromatic rings. The molecule has 0 saturated heterocycles. The average molecular weight is 277 g/mol. The largest absolute Gasteiger partial charge is 0.714 e. The normalized spacial score (nSPS) is 20.4. The number of hydroxylamine groups is 3. The molecule has 2 rings (SSSR count). The molecule has 0 fully saturated rings. The highest BCUT2D eigenvalue weighted by molar-refractivity contribution is 5.98. The quantitative estimate of drug-likeness (QED) is 0.660. The van der Waals surface area contributed by atoms with Gasteiger partial charge < -0.3 is 10.3 Å². The number of carboxylic acid groups (broad SMARTS) is 1. The van der Waals surface area contributed by atoms with Gasteiger partial charge in [-0.1, -0.05) is 11.1 Å². The van der Waals surface area contributed by atoms with Gasteiger partial charge in [0.2, 0.25) is 0 Å². The van der Waals surface area contributed by atoms with E-state index >= 15 is 0 Å². The van der Waals surface area contributed by atoms with Crippen molar-refractivity contribution in [3.05, 3.63) is 40.6 Å². The lowest BCUT2D eigenvalue weighted by atomic mass is 9.84. The highest BCUT2D eigenvalue weighted by Crippen LogP contribution is 2.37. The molecule has 1 aromatic carbocycles. The molecule has 1 aliphatic heterocycles. The Bertz CT molecular complexity index is 605. The molecule has 0 aliphatic carbocycles. The summed E-state index contributed by atoms with van der Waals surface area (Å²) in [6, 6.07) is 5.84. The fourth-order valence-electron chi connectivity index (χ4n) is 2.13. The zero-order valence-corrected chi connectivity index (χ0v) is 11.9. The van der Waals surface area contributed by atoms with E-state index in [1.54, 1.807) is 33.8 Å². The van der Waals surface area contributed by atoms with E-state index in [0.717, 1.165) is 0 Å². The van der Waals surface area contributed by atoms with Crippen LogP contribution in [-0.2, 0) is 5.21 Å². The van der Waals surface area contributed by atoms with Crippen LogP contribution in [0.2, 0.25) is 0 Å². The maximum absolute atomic E-state index is 12.4. The summed E-state index contributed by atoms with van der Waals surface area (Å²) in [7, 11) is 0. The first-order valence-electron chi connectivity index (χ1n) is 6.26. The van der Waals surface area contributed by atoms with E-state index in [2.05, 4.69) is 0 Å². The lowest BCUT2D eigenvalue weighted by molar-refractivity contribution is -0.539. The molecular formula is C14H17N2O4. The minimum atomic E-state index is -1.10. The van der Waals surface area contributed by atoms with Crippen LogP contribution < -0.4 is 0 Å². The summed E-state index contributed by atoms with van der Waals surface area (Å²) in [6.07, 6.45) is 0. The summed E-state index contributed by atoms with van der Waals surface area (Å²) in [4.78, 5) is 11.0. The van der Waals surface area contributed by atoms with Crippen LogP contribution in [0.15, 0.2) is 24.3 Å². The summed E-state index contributed by atoms with van der Waals surface area (Å²) >= 11 is 0. The lowest BCUT2D eigenvalue weighted by Gasteiger charge is -2.32. The molecule has 0 unspecified atom stereocenters. The standard InChI is InChI=1S/C14H17N2O4/c1-13(2)14(3,4)16(20)11(15(13)19)9-6-5-7-10(8-9)12(17)18/h5-8H,1-4H3,(H,17,18). The number of aromatic carboxylic acids is 1. The molecule has 0 spiro atoms. The lowest BCUT2D eigenvalue weighted by Crippen LogP contribution is -2.53. The summed E-state index contributed by atoms with van der Waals surface area (Å²) in [5, 5.41) is 34.5. The Morgan fingerprint density at radius 1 is 1.30 bits per heavy atom. The second-order valence-corrected chi connectivity index (χ2v) is 5.92. The van der Waals surface area contributed by atoms with Crippen molar-refractivity contribution < 1.29 is 19.8 Å². The van der Waals surface area contributed by atoms with Crippen LogP contribution >= 0.6 is 0 Å². The molecule has 6 heteroatoms. The van der Waals surface area contributed by atoms with Crippen LogP contribution in [0.1, 0.15) is 43.6 Å². The molecule has 1 N–H and O–H groups in total. The van der Waals surface area contributed by atoms with Gasteiger partial charge in [-0.2, -0.15) is 0 Å². The molecular weight excluding hydrogens is 260 g/mol. The third-order valence-electron chi connectivity index (χ3n) is 4.27. The second-order valence-electron chi connectivity index (χ2n) is 5.92. The zero-order chi connectivity index (χ0) is 15.3. The van der Waals surface area contributed by atoms with Crippen molar-refractivity contribution in [3.8, 4) is 0 Å². The van der Waals surface area contributed by atoms with Crippen LogP contribution in [-0.4, -0.2) is 37.8 Å². The van der Waals surface area contributed by atoms with Gasteiger partial charge in [-0.05, 0) is 45.9 Å². The Hall–Kier alpha value is -2.08. The fraction of sp³-hybridized carbons (Fsp3) is 0.429. The molecule has 107 valence electrons. The fourth-order valence-corrected chi connectivity index (χ4v) is 2.13. The summed E-state index contributed by atoms with van der Waals surface area (Å²) in [6.45, 7) is 6.77. The van der Waals surface area contributed by atoms with E-state index in [4.69, 9.17) is 5.11 Å². The molecule has 1 radical (unpaired) electrons. The Balaban J connectivity index is 2.61. The molecule has 1 heterocycles. The van der Waals surface area contributed by atoms with Gasteiger partial charge >= 0.3 is 11.8 Å².